The number of nitrogens with zero attached hydrogens (tertiary/aromatic N) is 1. The van der Waals surface area contributed by atoms with Crippen LogP contribution in [0.2, 0.25) is 0 Å². The van der Waals surface area contributed by atoms with Crippen molar-refractivity contribution >= 4 is 15.7 Å². The van der Waals surface area contributed by atoms with Crippen LogP contribution in [0.5, 0.6) is 0 Å². The van der Waals surface area contributed by atoms with E-state index in [1.165, 1.54) is 0 Å². The topological polar surface area (TPSA) is 80.5 Å². The number of hydrogen-bond acceptors (Lipinski definition) is 4. The maximum absolute atomic E-state index is 12.6. The zero-order chi connectivity index (χ0) is 14.3. The summed E-state index contributed by atoms with van der Waals surface area (Å²) in [7, 11) is -3.11. The predicted octanol–water partition coefficient (Wildman–Crippen LogP) is 0.684. The molecule has 0 spiro atoms. The molecule has 0 aromatic heterocycles. The number of hydrogen-bond donors (Lipinski definition) is 1. The summed E-state index contributed by atoms with van der Waals surface area (Å²) in [4.78, 5) is 14.2. The van der Waals surface area contributed by atoms with E-state index in [9.17, 15) is 13.2 Å². The highest BCUT2D eigenvalue weighted by Crippen LogP contribution is 2.30. The average Bonchev–Trinajstić information content (AvgIpc) is 2.33. The molecule has 2 N–H and O–H groups in total. The highest BCUT2D eigenvalue weighted by Gasteiger charge is 2.46. The van der Waals surface area contributed by atoms with Crippen LogP contribution in [0.15, 0.2) is 0 Å². The number of amides is 1. The molecule has 1 aliphatic heterocycles. The molecule has 1 amide bonds. The lowest BCUT2D eigenvalue weighted by atomic mass is 9.81. The number of nitrogens with two attached hydrogens (primary N) is 1. The van der Waals surface area contributed by atoms with Gasteiger partial charge in [-0.15, -0.1) is 0 Å². The van der Waals surface area contributed by atoms with Gasteiger partial charge in [0.1, 0.15) is 0 Å². The van der Waals surface area contributed by atoms with Crippen molar-refractivity contribution in [1.29, 1.82) is 0 Å². The molecular formula is C13H24N2O3S. The molecule has 110 valence electrons. The van der Waals surface area contributed by atoms with Gasteiger partial charge >= 0.3 is 0 Å². The first-order chi connectivity index (χ1) is 8.68. The lowest BCUT2D eigenvalue weighted by Gasteiger charge is -2.42. The Morgan fingerprint density at radius 2 is 1.74 bits per heavy atom. The number of rotatable bonds is 1. The Labute approximate surface area is 115 Å². The first kappa shape index (κ1) is 14.8. The van der Waals surface area contributed by atoms with Crippen LogP contribution >= 0.6 is 0 Å². The van der Waals surface area contributed by atoms with Crippen molar-refractivity contribution in [3.8, 4) is 0 Å². The predicted molar refractivity (Wildman–Crippen MR) is 74.4 cm³/mol. The van der Waals surface area contributed by atoms with E-state index in [0.717, 1.165) is 32.1 Å². The molecular weight excluding hydrogens is 264 g/mol. The van der Waals surface area contributed by atoms with Gasteiger partial charge in [-0.1, -0.05) is 19.3 Å². The van der Waals surface area contributed by atoms with Gasteiger partial charge in [0.05, 0.1) is 16.0 Å². The Balaban J connectivity index is 2.13. The zero-order valence-electron chi connectivity index (χ0n) is 11.8. The van der Waals surface area contributed by atoms with Crippen LogP contribution in [0, 0.1) is 0 Å². The fourth-order valence-corrected chi connectivity index (χ4v) is 4.39. The third kappa shape index (κ3) is 2.65. The second kappa shape index (κ2) is 4.74. The van der Waals surface area contributed by atoms with E-state index in [4.69, 9.17) is 5.73 Å². The average molecular weight is 288 g/mol. The fourth-order valence-electron chi connectivity index (χ4n) is 3.03. The van der Waals surface area contributed by atoms with Gasteiger partial charge in [0.2, 0.25) is 5.91 Å². The van der Waals surface area contributed by atoms with E-state index in [0.29, 0.717) is 0 Å². The summed E-state index contributed by atoms with van der Waals surface area (Å²) in [6, 6.07) is 0. The van der Waals surface area contributed by atoms with E-state index in [1.54, 1.807) is 18.7 Å². The molecule has 6 heteroatoms. The fraction of sp³-hybridized carbons (Fsp3) is 0.923. The van der Waals surface area contributed by atoms with Crippen LogP contribution in [0.3, 0.4) is 0 Å². The van der Waals surface area contributed by atoms with Crippen LogP contribution in [-0.4, -0.2) is 48.4 Å². The highest BCUT2D eigenvalue weighted by atomic mass is 32.2. The summed E-state index contributed by atoms with van der Waals surface area (Å²) in [6.07, 6.45) is 4.53. The normalized spacial score (nSPS) is 28.9. The number of carbonyl (C=O) groups is 1. The summed E-state index contributed by atoms with van der Waals surface area (Å²) in [5.74, 6) is -0.0166. The summed E-state index contributed by atoms with van der Waals surface area (Å²) in [5.41, 5.74) is 5.48. The van der Waals surface area contributed by atoms with Crippen LogP contribution in [-0.2, 0) is 14.6 Å². The SMILES string of the molecule is CC1(C)CN(C(=O)C2(N)CCCCC2)CCS1(=O)=O. The maximum Gasteiger partial charge on any atom is 0.242 e. The van der Waals surface area contributed by atoms with Crippen molar-refractivity contribution in [3.63, 3.8) is 0 Å². The van der Waals surface area contributed by atoms with E-state index in [2.05, 4.69) is 0 Å². The first-order valence-electron chi connectivity index (χ1n) is 6.99. The van der Waals surface area contributed by atoms with Crippen molar-refractivity contribution < 1.29 is 13.2 Å². The van der Waals surface area contributed by atoms with Crippen LogP contribution in [0.25, 0.3) is 0 Å². The van der Waals surface area contributed by atoms with Crippen molar-refractivity contribution in [2.75, 3.05) is 18.8 Å². The minimum atomic E-state index is -3.11. The number of carbonyl (C=O) groups excluding carboxylic acids is 1. The van der Waals surface area contributed by atoms with Crippen LogP contribution < -0.4 is 5.73 Å². The van der Waals surface area contributed by atoms with Gasteiger partial charge in [0.25, 0.3) is 0 Å². The first-order valence-corrected chi connectivity index (χ1v) is 8.64. The minimum absolute atomic E-state index is 0.0435. The third-order valence-electron chi connectivity index (χ3n) is 4.50. The van der Waals surface area contributed by atoms with E-state index >= 15 is 0 Å². The molecule has 1 saturated heterocycles. The largest absolute Gasteiger partial charge is 0.339 e. The van der Waals surface area contributed by atoms with Crippen molar-refractivity contribution in [2.24, 2.45) is 5.73 Å². The molecule has 1 saturated carbocycles. The monoisotopic (exact) mass is 288 g/mol. The lowest BCUT2D eigenvalue weighted by Crippen LogP contribution is -2.62. The summed E-state index contributed by atoms with van der Waals surface area (Å²) >= 11 is 0. The van der Waals surface area contributed by atoms with E-state index < -0.39 is 20.1 Å². The van der Waals surface area contributed by atoms with Gasteiger partial charge in [-0.2, -0.15) is 0 Å². The van der Waals surface area contributed by atoms with Gasteiger partial charge in [0.15, 0.2) is 9.84 Å². The van der Waals surface area contributed by atoms with Gasteiger partial charge in [-0.05, 0) is 26.7 Å². The second-order valence-corrected chi connectivity index (χ2v) is 9.26. The van der Waals surface area contributed by atoms with Crippen molar-refractivity contribution in [1.82, 2.24) is 4.90 Å². The van der Waals surface area contributed by atoms with Crippen molar-refractivity contribution in [3.05, 3.63) is 0 Å². The number of sulfone groups is 1. The van der Waals surface area contributed by atoms with Crippen molar-refractivity contribution in [2.45, 2.75) is 56.2 Å². The molecule has 0 unspecified atom stereocenters. The quantitative estimate of drug-likeness (QED) is 0.769. The smallest absolute Gasteiger partial charge is 0.242 e. The third-order valence-corrected chi connectivity index (χ3v) is 7.04. The molecule has 0 bridgehead atoms. The second-order valence-electron chi connectivity index (χ2n) is 6.52. The van der Waals surface area contributed by atoms with Crippen LogP contribution in [0.4, 0.5) is 0 Å². The Bertz CT molecular complexity index is 464. The Morgan fingerprint density at radius 3 is 2.26 bits per heavy atom. The van der Waals surface area contributed by atoms with Gasteiger partial charge in [-0.3, -0.25) is 4.79 Å². The lowest BCUT2D eigenvalue weighted by molar-refractivity contribution is -0.138. The molecule has 2 fully saturated rings. The molecule has 0 atom stereocenters. The Hall–Kier alpha value is -0.620. The van der Waals surface area contributed by atoms with Crippen LogP contribution in [0.1, 0.15) is 46.0 Å². The summed E-state index contributed by atoms with van der Waals surface area (Å²) in [5, 5.41) is 0. The zero-order valence-corrected chi connectivity index (χ0v) is 12.6. The van der Waals surface area contributed by atoms with Gasteiger partial charge < -0.3 is 10.6 Å². The molecule has 5 nitrogen and oxygen atoms in total. The summed E-state index contributed by atoms with van der Waals surface area (Å²) < 4.78 is 23.0. The van der Waals surface area contributed by atoms with E-state index in [1.807, 2.05) is 0 Å². The van der Waals surface area contributed by atoms with Gasteiger partial charge in [-0.25, -0.2) is 8.42 Å². The standard InChI is InChI=1S/C13H24N2O3S/c1-12(2)10-15(8-9-19(12,17)18)11(16)13(14)6-4-3-5-7-13/h3-10,14H2,1-2H3. The summed E-state index contributed by atoms with van der Waals surface area (Å²) in [6.45, 7) is 3.91. The molecule has 1 heterocycles. The molecule has 2 rings (SSSR count). The molecule has 0 aromatic rings. The molecule has 0 radical (unpaired) electrons. The highest BCUT2D eigenvalue weighted by molar-refractivity contribution is 7.92. The van der Waals surface area contributed by atoms with E-state index in [-0.39, 0.29) is 24.7 Å². The minimum Gasteiger partial charge on any atom is -0.339 e. The van der Waals surface area contributed by atoms with Gasteiger partial charge in [0, 0.05) is 13.1 Å². The molecule has 0 aromatic carbocycles. The maximum atomic E-state index is 12.6. The molecule has 19 heavy (non-hydrogen) atoms. The molecule has 2 aliphatic rings. The Morgan fingerprint density at radius 1 is 1.16 bits per heavy atom. The molecule has 1 aliphatic carbocycles. The Kier molecular flexibility index (Phi) is 3.68.